The van der Waals surface area contributed by atoms with Gasteiger partial charge in [-0.2, -0.15) is 5.10 Å². The van der Waals surface area contributed by atoms with E-state index >= 15 is 0 Å². The Labute approximate surface area is 160 Å². The molecular formula is C19H28N4O2S. The summed E-state index contributed by atoms with van der Waals surface area (Å²) in [6, 6.07) is 8.18. The van der Waals surface area contributed by atoms with Gasteiger partial charge in [0.2, 0.25) is 0 Å². The van der Waals surface area contributed by atoms with Crippen LogP contribution in [0.1, 0.15) is 38.4 Å². The maximum Gasteiger partial charge on any atom is 0.198 e. The molecule has 2 heterocycles. The zero-order valence-electron chi connectivity index (χ0n) is 15.9. The van der Waals surface area contributed by atoms with Crippen LogP contribution in [0.3, 0.4) is 0 Å². The molecule has 2 aromatic rings. The van der Waals surface area contributed by atoms with Crippen molar-refractivity contribution in [3.05, 3.63) is 34.9 Å². The molecule has 0 amide bonds. The molecule has 1 atom stereocenters. The zero-order valence-corrected chi connectivity index (χ0v) is 16.7. The van der Waals surface area contributed by atoms with Crippen LogP contribution in [-0.2, 0) is 20.3 Å². The first-order chi connectivity index (χ1) is 12.6. The number of hydrogen-bond acceptors (Lipinski definition) is 5. The average Bonchev–Trinajstić information content (AvgIpc) is 2.95. The van der Waals surface area contributed by atoms with Crippen molar-refractivity contribution in [1.29, 1.82) is 0 Å². The Bertz CT molecular complexity index is 769. The average molecular weight is 377 g/mol. The van der Waals surface area contributed by atoms with E-state index < -0.39 is 0 Å². The molecule has 1 aromatic heterocycles. The van der Waals surface area contributed by atoms with E-state index in [1.807, 2.05) is 40.6 Å². The van der Waals surface area contributed by atoms with E-state index in [1.54, 1.807) is 7.11 Å². The van der Waals surface area contributed by atoms with E-state index in [2.05, 4.69) is 11.8 Å². The lowest BCUT2D eigenvalue weighted by Crippen LogP contribution is -2.40. The van der Waals surface area contributed by atoms with Gasteiger partial charge in [-0.1, -0.05) is 13.3 Å². The van der Waals surface area contributed by atoms with Crippen LogP contribution >= 0.6 is 12.2 Å². The van der Waals surface area contributed by atoms with Crippen LogP contribution in [0.4, 0.5) is 0 Å². The first-order valence-corrected chi connectivity index (χ1v) is 9.66. The van der Waals surface area contributed by atoms with Crippen LogP contribution in [0.25, 0.3) is 0 Å². The summed E-state index contributed by atoms with van der Waals surface area (Å²) in [4.78, 5) is 2.50. The molecule has 6 nitrogen and oxygen atoms in total. The summed E-state index contributed by atoms with van der Waals surface area (Å²) in [5, 5.41) is 4.71. The van der Waals surface area contributed by atoms with Crippen molar-refractivity contribution in [2.24, 2.45) is 7.05 Å². The molecule has 0 bridgehead atoms. The summed E-state index contributed by atoms with van der Waals surface area (Å²) < 4.78 is 15.6. The fraction of sp³-hybridized carbons (Fsp3) is 0.579. The number of nitrogens with zero attached hydrogens (tertiary/aromatic N) is 4. The van der Waals surface area contributed by atoms with Gasteiger partial charge in [0, 0.05) is 19.6 Å². The van der Waals surface area contributed by atoms with Gasteiger partial charge in [0.15, 0.2) is 10.6 Å². The van der Waals surface area contributed by atoms with E-state index in [-0.39, 0.29) is 0 Å². The number of methoxy groups -OCH3 is 1. The summed E-state index contributed by atoms with van der Waals surface area (Å²) in [7, 11) is 3.60. The molecule has 142 valence electrons. The van der Waals surface area contributed by atoms with Gasteiger partial charge in [-0.15, -0.1) is 0 Å². The highest BCUT2D eigenvalue weighted by Gasteiger charge is 2.22. The molecule has 1 saturated heterocycles. The largest absolute Gasteiger partial charge is 0.497 e. The molecular weight excluding hydrogens is 348 g/mol. The van der Waals surface area contributed by atoms with Gasteiger partial charge in [-0.3, -0.25) is 4.90 Å². The highest BCUT2D eigenvalue weighted by molar-refractivity contribution is 7.71. The Kier molecular flexibility index (Phi) is 6.32. The highest BCUT2D eigenvalue weighted by Crippen LogP contribution is 2.21. The SMILES string of the molecule is CC[C@@H]1CCCCN1Cn1nc(COc2ccc(OC)cc2)n(C)c1=S. The molecule has 26 heavy (non-hydrogen) atoms. The quantitative estimate of drug-likeness (QED) is 0.689. The van der Waals surface area contributed by atoms with Crippen molar-refractivity contribution in [3.8, 4) is 11.5 Å². The van der Waals surface area contributed by atoms with Gasteiger partial charge in [0.25, 0.3) is 0 Å². The van der Waals surface area contributed by atoms with Crippen molar-refractivity contribution >= 4 is 12.2 Å². The van der Waals surface area contributed by atoms with Crippen LogP contribution in [0.5, 0.6) is 11.5 Å². The Morgan fingerprint density at radius 2 is 1.92 bits per heavy atom. The fourth-order valence-electron chi connectivity index (χ4n) is 3.45. The Morgan fingerprint density at radius 3 is 2.62 bits per heavy atom. The van der Waals surface area contributed by atoms with E-state index in [1.165, 1.54) is 25.7 Å². The summed E-state index contributed by atoms with van der Waals surface area (Å²) in [5.41, 5.74) is 0. The van der Waals surface area contributed by atoms with E-state index in [9.17, 15) is 0 Å². The van der Waals surface area contributed by atoms with E-state index in [0.29, 0.717) is 12.6 Å². The van der Waals surface area contributed by atoms with Gasteiger partial charge < -0.3 is 14.0 Å². The molecule has 0 spiro atoms. The number of likely N-dealkylation sites (tertiary alicyclic amines) is 1. The lowest BCUT2D eigenvalue weighted by Gasteiger charge is -2.34. The summed E-state index contributed by atoms with van der Waals surface area (Å²) in [6.07, 6.45) is 5.02. The molecule has 7 heteroatoms. The smallest absolute Gasteiger partial charge is 0.198 e. The molecule has 0 aliphatic carbocycles. The molecule has 3 rings (SSSR count). The third-order valence-electron chi connectivity index (χ3n) is 5.09. The summed E-state index contributed by atoms with van der Waals surface area (Å²) in [5.74, 6) is 2.43. The van der Waals surface area contributed by atoms with E-state index in [4.69, 9.17) is 26.8 Å². The number of benzene rings is 1. The number of ether oxygens (including phenoxy) is 2. The van der Waals surface area contributed by atoms with Crippen LogP contribution in [0, 0.1) is 4.77 Å². The maximum atomic E-state index is 5.86. The second-order valence-corrected chi connectivity index (χ2v) is 7.10. The van der Waals surface area contributed by atoms with Crippen molar-refractivity contribution < 1.29 is 9.47 Å². The Morgan fingerprint density at radius 1 is 1.19 bits per heavy atom. The van der Waals surface area contributed by atoms with E-state index in [0.717, 1.165) is 35.3 Å². The molecule has 0 N–H and O–H groups in total. The van der Waals surface area contributed by atoms with Crippen LogP contribution < -0.4 is 9.47 Å². The van der Waals surface area contributed by atoms with Gasteiger partial charge >= 0.3 is 0 Å². The Balaban J connectivity index is 1.67. The van der Waals surface area contributed by atoms with Crippen molar-refractivity contribution in [2.45, 2.75) is 51.9 Å². The molecule has 0 saturated carbocycles. The molecule has 0 radical (unpaired) electrons. The predicted octanol–water partition coefficient (Wildman–Crippen LogP) is 3.76. The second-order valence-electron chi connectivity index (χ2n) is 6.73. The lowest BCUT2D eigenvalue weighted by molar-refractivity contribution is 0.0999. The molecule has 1 aliphatic heterocycles. The third-order valence-corrected chi connectivity index (χ3v) is 5.58. The number of rotatable bonds is 7. The van der Waals surface area contributed by atoms with Crippen LogP contribution in [-0.4, -0.2) is 38.9 Å². The van der Waals surface area contributed by atoms with Gasteiger partial charge in [-0.25, -0.2) is 4.68 Å². The van der Waals surface area contributed by atoms with Crippen LogP contribution in [0.2, 0.25) is 0 Å². The number of hydrogen-bond donors (Lipinski definition) is 0. The molecule has 0 unspecified atom stereocenters. The highest BCUT2D eigenvalue weighted by atomic mass is 32.1. The normalized spacial score (nSPS) is 18.0. The third kappa shape index (κ3) is 4.27. The topological polar surface area (TPSA) is 44.5 Å². The van der Waals surface area contributed by atoms with Crippen molar-refractivity contribution in [3.63, 3.8) is 0 Å². The molecule has 1 aromatic carbocycles. The van der Waals surface area contributed by atoms with Gasteiger partial charge in [-0.05, 0) is 55.7 Å². The molecule has 1 aliphatic rings. The monoisotopic (exact) mass is 376 g/mol. The minimum atomic E-state index is 0.386. The summed E-state index contributed by atoms with van der Waals surface area (Å²) in [6.45, 7) is 4.52. The minimum Gasteiger partial charge on any atom is -0.497 e. The number of piperidine rings is 1. The maximum absolute atomic E-state index is 5.86. The Hall–Kier alpha value is -1.86. The fourth-order valence-corrected chi connectivity index (χ4v) is 3.65. The van der Waals surface area contributed by atoms with Gasteiger partial charge in [0.1, 0.15) is 18.1 Å². The predicted molar refractivity (Wildman–Crippen MR) is 104 cm³/mol. The zero-order chi connectivity index (χ0) is 18.5. The van der Waals surface area contributed by atoms with Crippen LogP contribution in [0.15, 0.2) is 24.3 Å². The minimum absolute atomic E-state index is 0.386. The first kappa shape index (κ1) is 18.9. The van der Waals surface area contributed by atoms with Crippen molar-refractivity contribution in [1.82, 2.24) is 19.2 Å². The van der Waals surface area contributed by atoms with Crippen molar-refractivity contribution in [2.75, 3.05) is 13.7 Å². The lowest BCUT2D eigenvalue weighted by atomic mass is 10.0. The summed E-state index contributed by atoms with van der Waals surface area (Å²) >= 11 is 5.59. The van der Waals surface area contributed by atoms with Gasteiger partial charge in [0.05, 0.1) is 13.8 Å². The standard InChI is InChI=1S/C19H28N4O2S/c1-4-15-7-5-6-12-22(15)14-23-19(26)21(2)18(20-23)13-25-17-10-8-16(24-3)9-11-17/h8-11,15H,4-7,12-14H2,1-3H3/t15-/m1/s1. The number of aromatic nitrogens is 3. The molecule has 1 fully saturated rings. The first-order valence-electron chi connectivity index (χ1n) is 9.26. The second kappa shape index (κ2) is 8.68.